The molecule has 19 heavy (non-hydrogen) atoms. The number of unbranched alkanes of at least 4 members (excludes halogenated alkanes) is 1. The van der Waals surface area contributed by atoms with E-state index in [1.165, 1.54) is 0 Å². The Bertz CT molecular complexity index is 354. The molecule has 0 saturated carbocycles. The highest BCUT2D eigenvalue weighted by atomic mass is 16.5. The predicted molar refractivity (Wildman–Crippen MR) is 78.3 cm³/mol. The van der Waals surface area contributed by atoms with Gasteiger partial charge in [-0.25, -0.2) is 4.74 Å². The van der Waals surface area contributed by atoms with Crippen molar-refractivity contribution in [2.24, 2.45) is 0 Å². The molecule has 0 N–H and O–H groups in total. The Balaban J connectivity index is 2.99. The monoisotopic (exact) mass is 268 g/mol. The molecule has 4 heteroatoms. The summed E-state index contributed by atoms with van der Waals surface area (Å²) >= 11 is 0. The van der Waals surface area contributed by atoms with Gasteiger partial charge in [0, 0.05) is 37.3 Å². The number of piperidine rings is 1. The van der Waals surface area contributed by atoms with Gasteiger partial charge in [0.05, 0.1) is 0 Å². The van der Waals surface area contributed by atoms with Crippen LogP contribution >= 0.6 is 0 Å². The first-order valence-corrected chi connectivity index (χ1v) is 7.21. The van der Waals surface area contributed by atoms with E-state index in [0.717, 1.165) is 30.4 Å². The van der Waals surface area contributed by atoms with Gasteiger partial charge in [0.15, 0.2) is 12.3 Å². The summed E-state index contributed by atoms with van der Waals surface area (Å²) in [4.78, 5) is 13.8. The number of amides is 1. The second-order valence-corrected chi connectivity index (χ2v) is 6.87. The zero-order valence-electron chi connectivity index (χ0n) is 13.2. The normalized spacial score (nSPS) is 23.5. The van der Waals surface area contributed by atoms with Crippen LogP contribution in [-0.2, 0) is 4.79 Å². The topological polar surface area (TPSA) is 46.4 Å². The molecule has 1 heterocycles. The van der Waals surface area contributed by atoms with Crippen LogP contribution in [0.5, 0.6) is 0 Å². The highest BCUT2D eigenvalue weighted by Crippen LogP contribution is 2.39. The van der Waals surface area contributed by atoms with E-state index in [2.05, 4.69) is 34.6 Å². The average molecular weight is 268 g/mol. The van der Waals surface area contributed by atoms with Gasteiger partial charge < -0.3 is 10.1 Å². The van der Waals surface area contributed by atoms with Crippen molar-refractivity contribution >= 4 is 12.1 Å². The number of carbonyl (C=O) groups is 1. The molecule has 1 amide bonds. The summed E-state index contributed by atoms with van der Waals surface area (Å²) in [5.41, 5.74) is -0.554. The van der Waals surface area contributed by atoms with Crippen molar-refractivity contribution < 1.29 is 9.53 Å². The molecule has 110 valence electrons. The highest BCUT2D eigenvalue weighted by Gasteiger charge is 2.49. The Morgan fingerprint density at radius 3 is 2.16 bits per heavy atom. The van der Waals surface area contributed by atoms with Crippen LogP contribution < -0.4 is 0 Å². The number of likely N-dealkylation sites (tertiary alicyclic amines) is 1. The van der Waals surface area contributed by atoms with Crippen LogP contribution in [-0.4, -0.2) is 38.9 Å². The quantitative estimate of drug-likeness (QED) is 0.342. The van der Waals surface area contributed by atoms with Gasteiger partial charge in [-0.1, -0.05) is 6.92 Å². The van der Waals surface area contributed by atoms with Gasteiger partial charge in [-0.2, -0.15) is 0 Å². The molecule has 0 spiro atoms. The number of hydroxylamine groups is 1. The standard InChI is InChI=1S/C15H28N2O2/c1-7-8-9-16(19)13-10-14(3,4)17(12(2)18)15(5,6)11-13/h9,13H,7-8,10-11H2,1-6H3/b16-9-. The van der Waals surface area contributed by atoms with Crippen molar-refractivity contribution in [1.29, 1.82) is 0 Å². The molecule has 0 bridgehead atoms. The van der Waals surface area contributed by atoms with Crippen molar-refractivity contribution in [2.45, 2.75) is 84.3 Å². The van der Waals surface area contributed by atoms with Gasteiger partial charge in [-0.15, -0.1) is 0 Å². The average Bonchev–Trinajstić information content (AvgIpc) is 2.21. The second-order valence-electron chi connectivity index (χ2n) is 6.87. The number of hydrogen-bond donors (Lipinski definition) is 0. The minimum Gasteiger partial charge on any atom is -0.624 e. The van der Waals surface area contributed by atoms with Crippen LogP contribution in [0.15, 0.2) is 0 Å². The molecule has 1 aliphatic heterocycles. The molecule has 0 radical (unpaired) electrons. The summed E-state index contributed by atoms with van der Waals surface area (Å²) in [6, 6.07) is -0.0350. The molecule has 0 unspecified atom stereocenters. The summed E-state index contributed by atoms with van der Waals surface area (Å²) < 4.78 is 1.12. The summed E-state index contributed by atoms with van der Waals surface area (Å²) in [5.74, 6) is 0.0865. The molecule has 0 aliphatic carbocycles. The number of rotatable bonds is 3. The van der Waals surface area contributed by atoms with Crippen LogP contribution in [0, 0.1) is 5.21 Å². The molecule has 0 atom stereocenters. The lowest BCUT2D eigenvalue weighted by molar-refractivity contribution is -0.509. The van der Waals surface area contributed by atoms with E-state index in [0.29, 0.717) is 0 Å². The van der Waals surface area contributed by atoms with E-state index in [1.54, 1.807) is 13.1 Å². The van der Waals surface area contributed by atoms with E-state index in [9.17, 15) is 10.0 Å². The van der Waals surface area contributed by atoms with E-state index in [4.69, 9.17) is 0 Å². The molecule has 1 aliphatic rings. The summed E-state index contributed by atoms with van der Waals surface area (Å²) in [6.45, 7) is 11.9. The van der Waals surface area contributed by atoms with E-state index < -0.39 is 0 Å². The van der Waals surface area contributed by atoms with Gasteiger partial charge in [0.2, 0.25) is 5.91 Å². The van der Waals surface area contributed by atoms with Gasteiger partial charge in [0.25, 0.3) is 0 Å². The van der Waals surface area contributed by atoms with Crippen molar-refractivity contribution in [3.8, 4) is 0 Å². The fourth-order valence-electron chi connectivity index (χ4n) is 3.67. The van der Waals surface area contributed by atoms with Crippen LogP contribution in [0.3, 0.4) is 0 Å². The van der Waals surface area contributed by atoms with Crippen molar-refractivity contribution in [2.75, 3.05) is 0 Å². The highest BCUT2D eigenvalue weighted by molar-refractivity contribution is 5.75. The maximum Gasteiger partial charge on any atom is 0.220 e. The summed E-state index contributed by atoms with van der Waals surface area (Å²) in [6.07, 6.45) is 4.99. The SMILES string of the molecule is CCC/C=[N+](\[O-])C1CC(C)(C)N(C(C)=O)C(C)(C)C1. The molecular weight excluding hydrogens is 240 g/mol. The predicted octanol–water partition coefficient (Wildman–Crippen LogP) is 2.94. The first-order valence-electron chi connectivity index (χ1n) is 7.21. The molecule has 1 rings (SSSR count). The number of hydrogen-bond acceptors (Lipinski definition) is 2. The summed E-state index contributed by atoms with van der Waals surface area (Å²) in [7, 11) is 0. The van der Waals surface area contributed by atoms with Crippen LogP contribution in [0.1, 0.15) is 67.2 Å². The van der Waals surface area contributed by atoms with Crippen LogP contribution in [0.4, 0.5) is 0 Å². The third-order valence-corrected chi connectivity index (χ3v) is 3.95. The van der Waals surface area contributed by atoms with Crippen LogP contribution in [0.2, 0.25) is 0 Å². The molecule has 1 saturated heterocycles. The van der Waals surface area contributed by atoms with Gasteiger partial charge in [-0.3, -0.25) is 4.79 Å². The Kier molecular flexibility index (Phi) is 4.64. The molecule has 0 aromatic carbocycles. The van der Waals surface area contributed by atoms with Gasteiger partial charge in [0.1, 0.15) is 0 Å². The van der Waals surface area contributed by atoms with E-state index >= 15 is 0 Å². The fraction of sp³-hybridized carbons (Fsp3) is 0.867. The molecule has 4 nitrogen and oxygen atoms in total. The molecule has 0 aromatic heterocycles. The maximum atomic E-state index is 12.2. The minimum absolute atomic E-state index is 0.0350. The smallest absolute Gasteiger partial charge is 0.220 e. The third-order valence-electron chi connectivity index (χ3n) is 3.95. The van der Waals surface area contributed by atoms with Crippen molar-refractivity contribution in [3.05, 3.63) is 5.21 Å². The lowest BCUT2D eigenvalue weighted by Crippen LogP contribution is -2.64. The molecule has 0 aromatic rings. The van der Waals surface area contributed by atoms with Gasteiger partial charge >= 0.3 is 0 Å². The van der Waals surface area contributed by atoms with Crippen LogP contribution in [0.25, 0.3) is 0 Å². The number of nitrogens with zero attached hydrogens (tertiary/aromatic N) is 2. The largest absolute Gasteiger partial charge is 0.624 e. The summed E-state index contributed by atoms with van der Waals surface area (Å²) in [5, 5.41) is 12.2. The van der Waals surface area contributed by atoms with Crippen molar-refractivity contribution in [1.82, 2.24) is 4.90 Å². The Morgan fingerprint density at radius 1 is 1.32 bits per heavy atom. The molecular formula is C15H28N2O2. The Morgan fingerprint density at radius 2 is 1.79 bits per heavy atom. The van der Waals surface area contributed by atoms with E-state index in [1.807, 2.05) is 4.90 Å². The Labute approximate surface area is 117 Å². The first kappa shape index (κ1) is 16.0. The minimum atomic E-state index is -0.277. The fourth-order valence-corrected chi connectivity index (χ4v) is 3.67. The Hall–Kier alpha value is -1.06. The lowest BCUT2D eigenvalue weighted by atomic mass is 9.77. The van der Waals surface area contributed by atoms with Crippen molar-refractivity contribution in [3.63, 3.8) is 0 Å². The maximum absolute atomic E-state index is 12.2. The molecule has 1 fully saturated rings. The first-order chi connectivity index (χ1) is 8.62. The zero-order chi connectivity index (χ0) is 14.8. The van der Waals surface area contributed by atoms with Gasteiger partial charge in [-0.05, 0) is 34.1 Å². The third kappa shape index (κ3) is 3.48. The number of carbonyl (C=O) groups excluding carboxylic acids is 1. The zero-order valence-corrected chi connectivity index (χ0v) is 13.2. The lowest BCUT2D eigenvalue weighted by Gasteiger charge is -2.53. The van der Waals surface area contributed by atoms with E-state index in [-0.39, 0.29) is 23.0 Å². The second kappa shape index (κ2) is 5.51.